The molecule has 0 amide bonds. The van der Waals surface area contributed by atoms with Crippen LogP contribution in [0.1, 0.15) is 45.4 Å². The third-order valence-electron chi connectivity index (χ3n) is 3.22. The molecule has 1 fully saturated rings. The molecule has 0 saturated carbocycles. The third-order valence-corrected chi connectivity index (χ3v) is 3.22. The fraction of sp³-hybridized carbons (Fsp3) is 0.923. The number of likely N-dealkylation sites (tertiary alicyclic amines) is 1. The summed E-state index contributed by atoms with van der Waals surface area (Å²) in [6, 6.07) is 0. The van der Waals surface area contributed by atoms with Gasteiger partial charge in [-0.1, -0.05) is 6.42 Å². The van der Waals surface area contributed by atoms with Gasteiger partial charge in [0.2, 0.25) is 0 Å². The maximum Gasteiger partial charge on any atom is 0.305 e. The van der Waals surface area contributed by atoms with Gasteiger partial charge in [0, 0.05) is 19.5 Å². The van der Waals surface area contributed by atoms with Crippen LogP contribution in [0.25, 0.3) is 0 Å². The molecule has 1 aliphatic rings. The zero-order valence-corrected chi connectivity index (χ0v) is 10.9. The summed E-state index contributed by atoms with van der Waals surface area (Å²) in [5.74, 6) is -0.0754. The van der Waals surface area contributed by atoms with Gasteiger partial charge in [0.25, 0.3) is 0 Å². The number of aliphatic hydroxyl groups is 1. The molecule has 100 valence electrons. The first-order valence-corrected chi connectivity index (χ1v) is 6.78. The van der Waals surface area contributed by atoms with E-state index in [1.807, 2.05) is 6.92 Å². The summed E-state index contributed by atoms with van der Waals surface area (Å²) in [6.07, 6.45) is 5.41. The number of unbranched alkanes of at least 4 members (excludes halogenated alkanes) is 2. The molecule has 0 aromatic rings. The Labute approximate surface area is 104 Å². The molecule has 0 spiro atoms. The molecular formula is C13H25NO3. The monoisotopic (exact) mass is 243 g/mol. The van der Waals surface area contributed by atoms with Crippen LogP contribution in [0.5, 0.6) is 0 Å². The molecule has 1 saturated heterocycles. The van der Waals surface area contributed by atoms with Crippen LogP contribution in [0.4, 0.5) is 0 Å². The number of ether oxygens (including phenoxy) is 1. The van der Waals surface area contributed by atoms with Crippen molar-refractivity contribution in [2.75, 3.05) is 26.2 Å². The van der Waals surface area contributed by atoms with Crippen molar-refractivity contribution in [1.29, 1.82) is 0 Å². The Morgan fingerprint density at radius 3 is 2.65 bits per heavy atom. The number of nitrogens with zero attached hydrogens (tertiary/aromatic N) is 1. The van der Waals surface area contributed by atoms with E-state index in [9.17, 15) is 9.90 Å². The molecule has 0 aromatic heterocycles. The van der Waals surface area contributed by atoms with Gasteiger partial charge < -0.3 is 14.7 Å². The second kappa shape index (κ2) is 8.48. The van der Waals surface area contributed by atoms with Gasteiger partial charge in [-0.2, -0.15) is 0 Å². The first-order chi connectivity index (χ1) is 8.22. The third kappa shape index (κ3) is 6.64. The Bertz CT molecular complexity index is 213. The van der Waals surface area contributed by atoms with Crippen LogP contribution in [-0.2, 0) is 9.53 Å². The second-order valence-electron chi connectivity index (χ2n) is 4.69. The van der Waals surface area contributed by atoms with E-state index in [-0.39, 0.29) is 12.1 Å². The van der Waals surface area contributed by atoms with Crippen molar-refractivity contribution >= 4 is 5.97 Å². The van der Waals surface area contributed by atoms with Crippen molar-refractivity contribution in [3.05, 3.63) is 0 Å². The fourth-order valence-electron chi connectivity index (χ4n) is 2.16. The van der Waals surface area contributed by atoms with Crippen LogP contribution in [0.3, 0.4) is 0 Å². The quantitative estimate of drug-likeness (QED) is 0.544. The number of aliphatic hydroxyl groups excluding tert-OH is 1. The lowest BCUT2D eigenvalue weighted by Gasteiger charge is -2.29. The van der Waals surface area contributed by atoms with Crippen molar-refractivity contribution in [3.8, 4) is 0 Å². The molecule has 1 rings (SSSR count). The molecule has 1 N–H and O–H groups in total. The van der Waals surface area contributed by atoms with E-state index < -0.39 is 0 Å². The Morgan fingerprint density at radius 2 is 2.00 bits per heavy atom. The standard InChI is InChI=1S/C13H25NO3/c1-2-17-13(16)6-4-3-5-9-14-10-7-12(15)8-11-14/h12,15H,2-11H2,1H3. The highest BCUT2D eigenvalue weighted by atomic mass is 16.5. The van der Waals surface area contributed by atoms with Gasteiger partial charge in [-0.25, -0.2) is 0 Å². The average molecular weight is 243 g/mol. The Balaban J connectivity index is 1.92. The van der Waals surface area contributed by atoms with Gasteiger partial charge >= 0.3 is 5.97 Å². The zero-order valence-electron chi connectivity index (χ0n) is 10.9. The highest BCUT2D eigenvalue weighted by Gasteiger charge is 2.15. The number of hydrogen-bond donors (Lipinski definition) is 1. The van der Waals surface area contributed by atoms with Crippen molar-refractivity contribution < 1.29 is 14.6 Å². The minimum absolute atomic E-state index is 0.0754. The van der Waals surface area contributed by atoms with Crippen LogP contribution in [0.2, 0.25) is 0 Å². The number of carbonyl (C=O) groups excluding carboxylic acids is 1. The molecule has 4 nitrogen and oxygen atoms in total. The molecule has 17 heavy (non-hydrogen) atoms. The lowest BCUT2D eigenvalue weighted by molar-refractivity contribution is -0.143. The minimum Gasteiger partial charge on any atom is -0.466 e. The van der Waals surface area contributed by atoms with Gasteiger partial charge in [-0.3, -0.25) is 4.79 Å². The second-order valence-corrected chi connectivity index (χ2v) is 4.69. The number of rotatable bonds is 7. The Morgan fingerprint density at radius 1 is 1.29 bits per heavy atom. The summed E-state index contributed by atoms with van der Waals surface area (Å²) in [5.41, 5.74) is 0. The normalized spacial score (nSPS) is 18.2. The summed E-state index contributed by atoms with van der Waals surface area (Å²) in [4.78, 5) is 13.5. The number of carbonyl (C=O) groups is 1. The van der Waals surface area contributed by atoms with E-state index in [1.165, 1.54) is 0 Å². The SMILES string of the molecule is CCOC(=O)CCCCCN1CCC(O)CC1. The largest absolute Gasteiger partial charge is 0.466 e. The molecule has 4 heteroatoms. The fourth-order valence-corrected chi connectivity index (χ4v) is 2.16. The van der Waals surface area contributed by atoms with E-state index in [4.69, 9.17) is 4.74 Å². The van der Waals surface area contributed by atoms with Gasteiger partial charge in [-0.15, -0.1) is 0 Å². The lowest BCUT2D eigenvalue weighted by Crippen LogP contribution is -2.36. The molecular weight excluding hydrogens is 218 g/mol. The van der Waals surface area contributed by atoms with E-state index in [0.29, 0.717) is 13.0 Å². The van der Waals surface area contributed by atoms with Crippen molar-refractivity contribution in [2.45, 2.75) is 51.6 Å². The summed E-state index contributed by atoms with van der Waals surface area (Å²) in [5, 5.41) is 9.37. The van der Waals surface area contributed by atoms with Gasteiger partial charge in [0.1, 0.15) is 0 Å². The van der Waals surface area contributed by atoms with Gasteiger partial charge in [0.15, 0.2) is 0 Å². The van der Waals surface area contributed by atoms with Gasteiger partial charge in [0.05, 0.1) is 12.7 Å². The Hall–Kier alpha value is -0.610. The highest BCUT2D eigenvalue weighted by molar-refractivity contribution is 5.69. The van der Waals surface area contributed by atoms with Crippen molar-refractivity contribution in [1.82, 2.24) is 4.90 Å². The molecule has 0 radical (unpaired) electrons. The molecule has 1 aliphatic heterocycles. The summed E-state index contributed by atoms with van der Waals surface area (Å²) in [7, 11) is 0. The number of esters is 1. The van der Waals surface area contributed by atoms with Crippen LogP contribution >= 0.6 is 0 Å². The van der Waals surface area contributed by atoms with E-state index >= 15 is 0 Å². The number of hydrogen-bond acceptors (Lipinski definition) is 4. The van der Waals surface area contributed by atoms with Crippen LogP contribution in [0, 0.1) is 0 Å². The predicted molar refractivity (Wildman–Crippen MR) is 66.8 cm³/mol. The first-order valence-electron chi connectivity index (χ1n) is 6.78. The predicted octanol–water partition coefficient (Wildman–Crippen LogP) is 1.57. The van der Waals surface area contributed by atoms with Crippen LogP contribution in [0.15, 0.2) is 0 Å². The van der Waals surface area contributed by atoms with E-state index in [1.54, 1.807) is 0 Å². The summed E-state index contributed by atoms with van der Waals surface area (Å²) in [6.45, 7) is 5.44. The summed E-state index contributed by atoms with van der Waals surface area (Å²) >= 11 is 0. The Kier molecular flexibility index (Phi) is 7.21. The minimum atomic E-state index is -0.0879. The molecule has 0 bridgehead atoms. The molecule has 1 heterocycles. The first kappa shape index (κ1) is 14.5. The van der Waals surface area contributed by atoms with Gasteiger partial charge in [-0.05, 0) is 39.2 Å². The molecule has 0 unspecified atom stereocenters. The molecule has 0 atom stereocenters. The topological polar surface area (TPSA) is 49.8 Å². The molecule has 0 aliphatic carbocycles. The van der Waals surface area contributed by atoms with Crippen molar-refractivity contribution in [2.24, 2.45) is 0 Å². The smallest absolute Gasteiger partial charge is 0.305 e. The van der Waals surface area contributed by atoms with Crippen LogP contribution in [-0.4, -0.2) is 48.3 Å². The maximum atomic E-state index is 11.1. The zero-order chi connectivity index (χ0) is 12.5. The lowest BCUT2D eigenvalue weighted by atomic mass is 10.1. The highest BCUT2D eigenvalue weighted by Crippen LogP contribution is 2.11. The maximum absolute atomic E-state index is 11.1. The van der Waals surface area contributed by atoms with E-state index in [0.717, 1.165) is 51.7 Å². The molecule has 0 aromatic carbocycles. The summed E-state index contributed by atoms with van der Waals surface area (Å²) < 4.78 is 4.87. The van der Waals surface area contributed by atoms with E-state index in [2.05, 4.69) is 4.90 Å². The van der Waals surface area contributed by atoms with Crippen LogP contribution < -0.4 is 0 Å². The van der Waals surface area contributed by atoms with Crippen molar-refractivity contribution in [3.63, 3.8) is 0 Å². The average Bonchev–Trinajstić information content (AvgIpc) is 2.31. The number of piperidine rings is 1.